The first-order chi connectivity index (χ1) is 8.66. The lowest BCUT2D eigenvalue weighted by Gasteiger charge is -2.12. The van der Waals surface area contributed by atoms with E-state index < -0.39 is 5.97 Å². The van der Waals surface area contributed by atoms with Gasteiger partial charge in [0.15, 0.2) is 0 Å². The van der Waals surface area contributed by atoms with Gasteiger partial charge in [-0.15, -0.1) is 0 Å². The van der Waals surface area contributed by atoms with Crippen LogP contribution in [0.5, 0.6) is 5.75 Å². The first-order valence-corrected chi connectivity index (χ1v) is 5.80. The van der Waals surface area contributed by atoms with Crippen LogP contribution in [0.3, 0.4) is 0 Å². The summed E-state index contributed by atoms with van der Waals surface area (Å²) >= 11 is 0. The fourth-order valence-corrected chi connectivity index (χ4v) is 1.83. The van der Waals surface area contributed by atoms with Crippen molar-refractivity contribution in [3.8, 4) is 5.75 Å². The van der Waals surface area contributed by atoms with Gasteiger partial charge in [-0.1, -0.05) is 23.8 Å². The third-order valence-electron chi connectivity index (χ3n) is 2.84. The molecule has 0 aromatic heterocycles. The fourth-order valence-electron chi connectivity index (χ4n) is 1.83. The maximum atomic E-state index is 10.9. The summed E-state index contributed by atoms with van der Waals surface area (Å²) in [5.74, 6) is -1.34. The predicted molar refractivity (Wildman–Crippen MR) is 70.0 cm³/mol. The van der Waals surface area contributed by atoms with Crippen LogP contribution < -0.4 is 5.32 Å². The Hall–Kier alpha value is -2.23. The van der Waals surface area contributed by atoms with Crippen molar-refractivity contribution < 1.29 is 15.0 Å². The molecule has 0 atom stereocenters. The molecule has 18 heavy (non-hydrogen) atoms. The van der Waals surface area contributed by atoms with Gasteiger partial charge in [0.1, 0.15) is 11.3 Å². The van der Waals surface area contributed by atoms with Crippen molar-refractivity contribution in [3.05, 3.63) is 47.6 Å². The predicted octanol–water partition coefficient (Wildman–Crippen LogP) is 2.78. The van der Waals surface area contributed by atoms with Crippen LogP contribution in [-0.2, 0) is 0 Å². The number of hydrogen-bond donors (Lipinski definition) is 3. The molecule has 0 spiro atoms. The number of rotatable bonds is 4. The van der Waals surface area contributed by atoms with Crippen LogP contribution in [0.2, 0.25) is 0 Å². The van der Waals surface area contributed by atoms with E-state index in [1.165, 1.54) is 17.7 Å². The van der Waals surface area contributed by atoms with Gasteiger partial charge in [-0.25, -0.2) is 4.79 Å². The number of nitrogens with one attached hydrogen (secondary N) is 1. The summed E-state index contributed by atoms with van der Waals surface area (Å²) in [5, 5.41) is 21.5. The molecule has 4 nitrogen and oxygen atoms in total. The first kappa shape index (κ1) is 12.2. The molecular weight excluding hydrogens is 230 g/mol. The minimum absolute atomic E-state index is 0.0856. The molecule has 0 bridgehead atoms. The zero-order valence-electron chi connectivity index (χ0n) is 9.89. The van der Waals surface area contributed by atoms with Crippen molar-refractivity contribution in [2.24, 2.45) is 0 Å². The minimum Gasteiger partial charge on any atom is -0.507 e. The van der Waals surface area contributed by atoms with Crippen LogP contribution in [0.15, 0.2) is 42.0 Å². The second kappa shape index (κ2) is 5.40. The Kier molecular flexibility index (Phi) is 3.67. The Morgan fingerprint density at radius 1 is 1.33 bits per heavy atom. The molecule has 0 fully saturated rings. The van der Waals surface area contributed by atoms with E-state index in [0.717, 1.165) is 12.8 Å². The standard InChI is InChI=1S/C14H15NO3/c16-13-7-6-11(8-12(13)14(17)18)15-9-10-4-2-1-3-5-10/h1-2,5-8,15-16H,3-4,9H2,(H,17,18). The van der Waals surface area contributed by atoms with Crippen molar-refractivity contribution in [1.29, 1.82) is 0 Å². The largest absolute Gasteiger partial charge is 0.507 e. The summed E-state index contributed by atoms with van der Waals surface area (Å²) in [6.07, 6.45) is 8.28. The number of carboxylic acid groups (broad SMARTS) is 1. The molecule has 0 saturated heterocycles. The molecule has 0 saturated carbocycles. The van der Waals surface area contributed by atoms with Crippen LogP contribution in [0.1, 0.15) is 23.2 Å². The summed E-state index contributed by atoms with van der Waals surface area (Å²) in [4.78, 5) is 10.9. The van der Waals surface area contributed by atoms with Gasteiger partial charge in [0, 0.05) is 12.2 Å². The third kappa shape index (κ3) is 2.91. The normalized spacial score (nSPS) is 14.1. The minimum atomic E-state index is -1.13. The van der Waals surface area contributed by atoms with Gasteiger partial charge in [-0.3, -0.25) is 0 Å². The van der Waals surface area contributed by atoms with Crippen LogP contribution in [0.4, 0.5) is 5.69 Å². The summed E-state index contributed by atoms with van der Waals surface area (Å²) in [7, 11) is 0. The average Bonchev–Trinajstić information content (AvgIpc) is 2.38. The number of hydrogen-bond acceptors (Lipinski definition) is 3. The van der Waals surface area contributed by atoms with Crippen LogP contribution >= 0.6 is 0 Å². The Morgan fingerprint density at radius 3 is 2.83 bits per heavy atom. The molecule has 4 heteroatoms. The average molecular weight is 245 g/mol. The number of phenols is 1. The van der Waals surface area contributed by atoms with Crippen molar-refractivity contribution in [3.63, 3.8) is 0 Å². The summed E-state index contributed by atoms with van der Waals surface area (Å²) in [6, 6.07) is 4.50. The lowest BCUT2D eigenvalue weighted by molar-refractivity contribution is 0.0694. The van der Waals surface area contributed by atoms with Crippen LogP contribution in [-0.4, -0.2) is 22.7 Å². The van der Waals surface area contributed by atoms with E-state index in [1.54, 1.807) is 6.07 Å². The van der Waals surface area contributed by atoms with Crippen molar-refractivity contribution in [2.75, 3.05) is 11.9 Å². The molecule has 1 aromatic carbocycles. The van der Waals surface area contributed by atoms with E-state index in [-0.39, 0.29) is 11.3 Å². The number of anilines is 1. The SMILES string of the molecule is O=C(O)c1cc(NCC2=CCC=CC2)ccc1O. The summed E-state index contributed by atoms with van der Waals surface area (Å²) < 4.78 is 0. The molecule has 0 amide bonds. The van der Waals surface area contributed by atoms with Crippen molar-refractivity contribution >= 4 is 11.7 Å². The van der Waals surface area contributed by atoms with Crippen molar-refractivity contribution in [2.45, 2.75) is 12.8 Å². The van der Waals surface area contributed by atoms with E-state index in [9.17, 15) is 9.90 Å². The van der Waals surface area contributed by atoms with E-state index in [2.05, 4.69) is 23.5 Å². The van der Waals surface area contributed by atoms with Gasteiger partial charge in [-0.05, 0) is 31.0 Å². The monoisotopic (exact) mass is 245 g/mol. The maximum absolute atomic E-state index is 10.9. The summed E-state index contributed by atoms with van der Waals surface area (Å²) in [5.41, 5.74) is 1.89. The Bertz CT molecular complexity index is 518. The molecule has 1 aliphatic carbocycles. The highest BCUT2D eigenvalue weighted by Gasteiger charge is 2.10. The third-order valence-corrected chi connectivity index (χ3v) is 2.84. The smallest absolute Gasteiger partial charge is 0.339 e. The topological polar surface area (TPSA) is 69.6 Å². The number of carboxylic acids is 1. The van der Waals surface area contributed by atoms with E-state index in [0.29, 0.717) is 12.2 Å². The van der Waals surface area contributed by atoms with Gasteiger partial charge in [0.25, 0.3) is 0 Å². The molecule has 94 valence electrons. The molecule has 0 radical (unpaired) electrons. The molecule has 0 aliphatic heterocycles. The van der Waals surface area contributed by atoms with E-state index in [4.69, 9.17) is 5.11 Å². The van der Waals surface area contributed by atoms with Gasteiger partial charge >= 0.3 is 5.97 Å². The molecule has 0 unspecified atom stereocenters. The molecule has 2 rings (SSSR count). The van der Waals surface area contributed by atoms with Crippen LogP contribution in [0, 0.1) is 0 Å². The number of benzene rings is 1. The zero-order valence-corrected chi connectivity index (χ0v) is 9.89. The lowest BCUT2D eigenvalue weighted by Crippen LogP contribution is -2.06. The molecule has 0 heterocycles. The van der Waals surface area contributed by atoms with E-state index >= 15 is 0 Å². The van der Waals surface area contributed by atoms with Gasteiger partial charge in [0.2, 0.25) is 0 Å². The highest BCUT2D eigenvalue weighted by molar-refractivity contribution is 5.92. The Morgan fingerprint density at radius 2 is 2.17 bits per heavy atom. The second-order valence-electron chi connectivity index (χ2n) is 4.16. The maximum Gasteiger partial charge on any atom is 0.339 e. The van der Waals surface area contributed by atoms with E-state index in [1.807, 2.05) is 0 Å². The second-order valence-corrected chi connectivity index (χ2v) is 4.16. The molecule has 1 aromatic rings. The number of allylic oxidation sites excluding steroid dienone is 3. The summed E-state index contributed by atoms with van der Waals surface area (Å²) in [6.45, 7) is 0.689. The van der Waals surface area contributed by atoms with Gasteiger partial charge in [0.05, 0.1) is 0 Å². The fraction of sp³-hybridized carbons (Fsp3) is 0.214. The quantitative estimate of drug-likeness (QED) is 0.563. The van der Waals surface area contributed by atoms with Gasteiger partial charge in [-0.2, -0.15) is 0 Å². The number of aromatic hydroxyl groups is 1. The number of aromatic carboxylic acids is 1. The molecule has 3 N–H and O–H groups in total. The Balaban J connectivity index is 2.03. The molecular formula is C14H15NO3. The highest BCUT2D eigenvalue weighted by Crippen LogP contribution is 2.22. The number of carbonyl (C=O) groups is 1. The first-order valence-electron chi connectivity index (χ1n) is 5.80. The highest BCUT2D eigenvalue weighted by atomic mass is 16.4. The zero-order chi connectivity index (χ0) is 13.0. The lowest BCUT2D eigenvalue weighted by atomic mass is 10.1. The van der Waals surface area contributed by atoms with Gasteiger partial charge < -0.3 is 15.5 Å². The van der Waals surface area contributed by atoms with Crippen LogP contribution in [0.25, 0.3) is 0 Å². The Labute approximate surface area is 105 Å². The van der Waals surface area contributed by atoms with Crippen molar-refractivity contribution in [1.82, 2.24) is 0 Å². The molecule has 1 aliphatic rings.